The van der Waals surface area contributed by atoms with E-state index >= 15 is 0 Å². The van der Waals surface area contributed by atoms with Crippen molar-refractivity contribution in [3.8, 4) is 0 Å². The van der Waals surface area contributed by atoms with E-state index < -0.39 is 0 Å². The number of anilines is 1. The zero-order valence-electron chi connectivity index (χ0n) is 10.6. The quantitative estimate of drug-likeness (QED) is 0.569. The fourth-order valence-electron chi connectivity index (χ4n) is 1.87. The number of nitrogens with zero attached hydrogens (tertiary/aromatic N) is 3. The Morgan fingerprint density at radius 1 is 1.56 bits per heavy atom. The molecule has 0 atom stereocenters. The second-order valence-corrected chi connectivity index (χ2v) is 4.64. The lowest BCUT2D eigenvalue weighted by Gasteiger charge is -2.20. The van der Waals surface area contributed by atoms with Gasteiger partial charge < -0.3 is 9.64 Å². The largest absolute Gasteiger partial charge is 0.380 e. The lowest BCUT2D eigenvalue weighted by molar-refractivity contribution is 0.111. The molecular weight excluding hydrogens is 250 g/mol. The number of aldehydes is 1. The molecule has 98 valence electrons. The Hall–Kier alpha value is -1.40. The molecule has 0 N–H and O–H groups in total. The predicted octanol–water partition coefficient (Wildman–Crippen LogP) is 2.07. The Labute approximate surface area is 110 Å². The smallest absolute Gasteiger partial charge is 0.196 e. The van der Waals surface area contributed by atoms with Crippen LogP contribution in [0.2, 0.25) is 0 Å². The zero-order valence-corrected chi connectivity index (χ0v) is 11.4. The van der Waals surface area contributed by atoms with Crippen LogP contribution in [0.5, 0.6) is 0 Å². The average Bonchev–Trinajstić information content (AvgIpc) is 2.94. The van der Waals surface area contributed by atoms with E-state index in [0.717, 1.165) is 30.2 Å². The molecular formula is C12H17N3O2S. The van der Waals surface area contributed by atoms with Gasteiger partial charge in [-0.15, -0.1) is 11.3 Å². The molecule has 18 heavy (non-hydrogen) atoms. The fourth-order valence-corrected chi connectivity index (χ4v) is 2.58. The normalized spacial score (nSPS) is 11.0. The molecule has 5 nitrogen and oxygen atoms in total. The number of carbonyl (C=O) groups is 1. The molecule has 0 spiro atoms. The maximum absolute atomic E-state index is 11.2. The van der Waals surface area contributed by atoms with Crippen molar-refractivity contribution in [2.24, 2.45) is 0 Å². The van der Waals surface area contributed by atoms with Crippen LogP contribution in [-0.4, -0.2) is 42.0 Å². The molecule has 0 saturated carbocycles. The minimum absolute atomic E-state index is 0.615. The molecule has 0 aromatic carbocycles. The number of rotatable bonds is 7. The summed E-state index contributed by atoms with van der Waals surface area (Å²) < 4.78 is 7.18. The Morgan fingerprint density at radius 3 is 3.06 bits per heavy atom. The van der Waals surface area contributed by atoms with E-state index in [9.17, 15) is 4.79 Å². The molecule has 0 bridgehead atoms. The van der Waals surface area contributed by atoms with Gasteiger partial charge in [-0.25, -0.2) is 4.98 Å². The number of hydrogen-bond acceptors (Lipinski definition) is 5. The third-order valence-electron chi connectivity index (χ3n) is 2.78. The number of fused-ring (bicyclic) bond motifs is 1. The van der Waals surface area contributed by atoms with Crippen LogP contribution in [0.1, 0.15) is 24.3 Å². The minimum atomic E-state index is 0.615. The van der Waals surface area contributed by atoms with Crippen LogP contribution in [0.4, 0.5) is 5.82 Å². The molecule has 0 fully saturated rings. The number of thiazole rings is 1. The van der Waals surface area contributed by atoms with Crippen molar-refractivity contribution >= 4 is 28.4 Å². The highest BCUT2D eigenvalue weighted by molar-refractivity contribution is 7.15. The van der Waals surface area contributed by atoms with Gasteiger partial charge in [0.05, 0.1) is 6.61 Å². The van der Waals surface area contributed by atoms with Crippen molar-refractivity contribution in [1.29, 1.82) is 0 Å². The number of likely N-dealkylation sites (N-methyl/N-ethyl adjacent to an activating group) is 1. The second kappa shape index (κ2) is 5.97. The van der Waals surface area contributed by atoms with Crippen molar-refractivity contribution in [3.05, 3.63) is 17.3 Å². The summed E-state index contributed by atoms with van der Waals surface area (Å²) in [5.41, 5.74) is 0.615. The zero-order chi connectivity index (χ0) is 13.0. The lowest BCUT2D eigenvalue weighted by atomic mass is 10.4. The summed E-state index contributed by atoms with van der Waals surface area (Å²) in [6.07, 6.45) is 2.74. The van der Waals surface area contributed by atoms with Crippen molar-refractivity contribution in [2.45, 2.75) is 13.8 Å². The average molecular weight is 267 g/mol. The maximum atomic E-state index is 11.2. The third kappa shape index (κ3) is 2.39. The SMILES string of the molecule is CCOCCN(CC)c1nc2sccn2c1C=O. The summed E-state index contributed by atoms with van der Waals surface area (Å²) in [5.74, 6) is 0.749. The topological polar surface area (TPSA) is 46.8 Å². The molecule has 6 heteroatoms. The number of hydrogen-bond donors (Lipinski definition) is 0. The Kier molecular flexibility index (Phi) is 4.33. The summed E-state index contributed by atoms with van der Waals surface area (Å²) >= 11 is 1.53. The minimum Gasteiger partial charge on any atom is -0.380 e. The first-order chi connectivity index (χ1) is 8.81. The van der Waals surface area contributed by atoms with Crippen molar-refractivity contribution in [2.75, 3.05) is 31.2 Å². The highest BCUT2D eigenvalue weighted by atomic mass is 32.1. The van der Waals surface area contributed by atoms with Gasteiger partial charge in [-0.1, -0.05) is 0 Å². The van der Waals surface area contributed by atoms with Gasteiger partial charge in [0.25, 0.3) is 0 Å². The van der Waals surface area contributed by atoms with Gasteiger partial charge in [-0.05, 0) is 13.8 Å². The van der Waals surface area contributed by atoms with Crippen LogP contribution in [0, 0.1) is 0 Å². The predicted molar refractivity (Wildman–Crippen MR) is 72.8 cm³/mol. The molecule has 0 radical (unpaired) electrons. The summed E-state index contributed by atoms with van der Waals surface area (Å²) in [6, 6.07) is 0. The van der Waals surface area contributed by atoms with E-state index in [1.807, 2.05) is 29.8 Å². The van der Waals surface area contributed by atoms with Crippen LogP contribution < -0.4 is 4.90 Å². The molecule has 0 amide bonds. The van der Waals surface area contributed by atoms with E-state index in [4.69, 9.17) is 4.74 Å². The van der Waals surface area contributed by atoms with E-state index in [0.29, 0.717) is 18.9 Å². The first-order valence-electron chi connectivity index (χ1n) is 6.05. The van der Waals surface area contributed by atoms with E-state index in [1.54, 1.807) is 0 Å². The molecule has 2 aromatic heterocycles. The lowest BCUT2D eigenvalue weighted by Crippen LogP contribution is -2.28. The van der Waals surface area contributed by atoms with Crippen LogP contribution >= 0.6 is 11.3 Å². The van der Waals surface area contributed by atoms with Gasteiger partial charge in [0.1, 0.15) is 5.69 Å². The van der Waals surface area contributed by atoms with Crippen LogP contribution in [0.15, 0.2) is 11.6 Å². The summed E-state index contributed by atoms with van der Waals surface area (Å²) in [6.45, 7) is 6.92. The molecule has 0 aliphatic rings. The number of aromatic nitrogens is 2. The molecule has 0 saturated heterocycles. The van der Waals surface area contributed by atoms with Crippen LogP contribution in [0.25, 0.3) is 4.96 Å². The number of ether oxygens (including phenoxy) is 1. The fraction of sp³-hybridized carbons (Fsp3) is 0.500. The molecule has 0 aliphatic heterocycles. The van der Waals surface area contributed by atoms with Gasteiger partial charge in [-0.2, -0.15) is 0 Å². The molecule has 2 aromatic rings. The summed E-state index contributed by atoms with van der Waals surface area (Å²) in [4.78, 5) is 18.7. The first-order valence-corrected chi connectivity index (χ1v) is 6.93. The molecule has 0 unspecified atom stereocenters. The van der Waals surface area contributed by atoms with Gasteiger partial charge >= 0.3 is 0 Å². The van der Waals surface area contributed by atoms with Crippen molar-refractivity contribution < 1.29 is 9.53 Å². The summed E-state index contributed by atoms with van der Waals surface area (Å²) in [5, 5.41) is 1.93. The standard InChI is InChI=1S/C12H17N3O2S/c1-3-14(5-7-17-4-2)11-10(9-16)15-6-8-18-12(15)13-11/h6,8-9H,3-5,7H2,1-2H3. The maximum Gasteiger partial charge on any atom is 0.196 e. The second-order valence-electron chi connectivity index (χ2n) is 3.77. The molecule has 0 aliphatic carbocycles. The molecule has 2 heterocycles. The Morgan fingerprint density at radius 2 is 2.39 bits per heavy atom. The van der Waals surface area contributed by atoms with Gasteiger partial charge in [0.15, 0.2) is 17.1 Å². The van der Waals surface area contributed by atoms with Crippen molar-refractivity contribution in [3.63, 3.8) is 0 Å². The van der Waals surface area contributed by atoms with Crippen LogP contribution in [-0.2, 0) is 4.74 Å². The monoisotopic (exact) mass is 267 g/mol. The van der Waals surface area contributed by atoms with E-state index in [2.05, 4.69) is 9.88 Å². The highest BCUT2D eigenvalue weighted by Crippen LogP contribution is 2.23. The van der Waals surface area contributed by atoms with Gasteiger partial charge in [0.2, 0.25) is 0 Å². The van der Waals surface area contributed by atoms with Crippen LogP contribution in [0.3, 0.4) is 0 Å². The third-order valence-corrected chi connectivity index (χ3v) is 3.54. The number of carbonyl (C=O) groups excluding carboxylic acids is 1. The molecule has 2 rings (SSSR count). The van der Waals surface area contributed by atoms with E-state index in [1.165, 1.54) is 11.3 Å². The summed E-state index contributed by atoms with van der Waals surface area (Å²) in [7, 11) is 0. The highest BCUT2D eigenvalue weighted by Gasteiger charge is 2.17. The Balaban J connectivity index is 2.26. The number of imidazole rings is 1. The van der Waals surface area contributed by atoms with Gasteiger partial charge in [-0.3, -0.25) is 9.20 Å². The van der Waals surface area contributed by atoms with Gasteiger partial charge in [0, 0.05) is 31.3 Å². The first kappa shape index (κ1) is 13.0. The Bertz CT molecular complexity index is 520. The van der Waals surface area contributed by atoms with E-state index in [-0.39, 0.29) is 0 Å². The van der Waals surface area contributed by atoms with Crippen molar-refractivity contribution in [1.82, 2.24) is 9.38 Å².